The highest BCUT2D eigenvalue weighted by atomic mass is 32.1. The summed E-state index contributed by atoms with van der Waals surface area (Å²) < 4.78 is 5.64. The van der Waals surface area contributed by atoms with E-state index < -0.39 is 5.92 Å². The Labute approximate surface area is 199 Å². The van der Waals surface area contributed by atoms with E-state index in [0.717, 1.165) is 15.4 Å². The average molecular weight is 485 g/mol. The van der Waals surface area contributed by atoms with Crippen LogP contribution in [0.3, 0.4) is 0 Å². The number of anilines is 2. The summed E-state index contributed by atoms with van der Waals surface area (Å²) in [5.74, 6) is -0.238. The molecule has 0 spiro atoms. The fourth-order valence-corrected chi connectivity index (χ4v) is 5.24. The van der Waals surface area contributed by atoms with Crippen molar-refractivity contribution >= 4 is 51.2 Å². The molecular weight excluding hydrogens is 460 g/mol. The SMILES string of the molecule is CCOc1ccccc1N1CC(C(=O)Nc2nc(-c3ccc(CNC(C)=O)s3)cs2)CC1=O. The standard InChI is InChI=1S/C23H24N4O4S2/c1-3-31-19-7-5-4-6-18(19)27-12-15(10-21(27)29)22(30)26-23-25-17(13-32-23)20-9-8-16(33-20)11-24-14(2)28/h4-9,13,15H,3,10-12H2,1-2H3,(H,24,28)(H,25,26,30). The van der Waals surface area contributed by atoms with Crippen LogP contribution in [0.25, 0.3) is 10.6 Å². The summed E-state index contributed by atoms with van der Waals surface area (Å²) in [7, 11) is 0. The number of amides is 3. The molecule has 33 heavy (non-hydrogen) atoms. The van der Waals surface area contributed by atoms with Gasteiger partial charge in [-0.1, -0.05) is 12.1 Å². The normalized spacial score (nSPS) is 15.5. The number of thiophene rings is 1. The first-order chi connectivity index (χ1) is 15.9. The van der Waals surface area contributed by atoms with Crippen molar-refractivity contribution in [2.75, 3.05) is 23.4 Å². The molecule has 1 fully saturated rings. The largest absolute Gasteiger partial charge is 0.492 e. The van der Waals surface area contributed by atoms with Gasteiger partial charge in [0.05, 0.1) is 35.3 Å². The molecule has 1 unspecified atom stereocenters. The number of thiazole rings is 1. The Morgan fingerprint density at radius 1 is 1.24 bits per heavy atom. The van der Waals surface area contributed by atoms with E-state index in [9.17, 15) is 14.4 Å². The molecular formula is C23H24N4O4S2. The molecule has 10 heteroatoms. The van der Waals surface area contributed by atoms with Gasteiger partial charge in [-0.3, -0.25) is 14.4 Å². The van der Waals surface area contributed by atoms with Crippen molar-refractivity contribution in [2.24, 2.45) is 5.92 Å². The first-order valence-electron chi connectivity index (χ1n) is 10.6. The van der Waals surface area contributed by atoms with E-state index in [1.807, 2.05) is 48.7 Å². The van der Waals surface area contributed by atoms with E-state index in [-0.39, 0.29) is 24.1 Å². The second-order valence-electron chi connectivity index (χ2n) is 7.51. The van der Waals surface area contributed by atoms with Gasteiger partial charge in [-0.2, -0.15) is 0 Å². The minimum absolute atomic E-state index is 0.0751. The first kappa shape index (κ1) is 22.9. The second kappa shape index (κ2) is 10.1. The lowest BCUT2D eigenvalue weighted by atomic mass is 10.1. The number of hydrogen-bond donors (Lipinski definition) is 2. The maximum Gasteiger partial charge on any atom is 0.231 e. The summed E-state index contributed by atoms with van der Waals surface area (Å²) in [6.07, 6.45) is 0.141. The van der Waals surface area contributed by atoms with E-state index in [4.69, 9.17) is 4.74 Å². The smallest absolute Gasteiger partial charge is 0.231 e. The molecule has 1 aliphatic rings. The number of aromatic nitrogens is 1. The predicted octanol–water partition coefficient (Wildman–Crippen LogP) is 3.90. The summed E-state index contributed by atoms with van der Waals surface area (Å²) in [6.45, 7) is 4.64. The van der Waals surface area contributed by atoms with Crippen LogP contribution < -0.4 is 20.3 Å². The molecule has 4 rings (SSSR count). The second-order valence-corrected chi connectivity index (χ2v) is 9.54. The van der Waals surface area contributed by atoms with Crippen LogP contribution in [-0.4, -0.2) is 35.9 Å². The van der Waals surface area contributed by atoms with Crippen molar-refractivity contribution in [3.63, 3.8) is 0 Å². The lowest BCUT2D eigenvalue weighted by molar-refractivity contribution is -0.122. The summed E-state index contributed by atoms with van der Waals surface area (Å²) >= 11 is 2.88. The topological polar surface area (TPSA) is 101 Å². The molecule has 0 aliphatic carbocycles. The molecule has 3 amide bonds. The highest BCUT2D eigenvalue weighted by molar-refractivity contribution is 7.17. The van der Waals surface area contributed by atoms with E-state index >= 15 is 0 Å². The number of ether oxygens (including phenoxy) is 1. The Kier molecular flexibility index (Phi) is 7.05. The van der Waals surface area contributed by atoms with Crippen LogP contribution in [0, 0.1) is 5.92 Å². The molecule has 1 atom stereocenters. The zero-order chi connectivity index (χ0) is 23.4. The Morgan fingerprint density at radius 3 is 2.85 bits per heavy atom. The molecule has 172 valence electrons. The zero-order valence-corrected chi connectivity index (χ0v) is 19.9. The summed E-state index contributed by atoms with van der Waals surface area (Å²) in [6, 6.07) is 11.3. The number of benzene rings is 1. The Balaban J connectivity index is 1.39. The molecule has 0 saturated carbocycles. The van der Waals surface area contributed by atoms with Gasteiger partial charge in [0.15, 0.2) is 5.13 Å². The monoisotopic (exact) mass is 484 g/mol. The van der Waals surface area contributed by atoms with Crippen LogP contribution in [0.5, 0.6) is 5.75 Å². The van der Waals surface area contributed by atoms with Crippen molar-refractivity contribution in [1.29, 1.82) is 0 Å². The van der Waals surface area contributed by atoms with Crippen molar-refractivity contribution in [2.45, 2.75) is 26.8 Å². The molecule has 2 aromatic heterocycles. The van der Waals surface area contributed by atoms with Crippen molar-refractivity contribution in [3.8, 4) is 16.3 Å². The molecule has 3 heterocycles. The maximum atomic E-state index is 12.9. The predicted molar refractivity (Wildman–Crippen MR) is 130 cm³/mol. The zero-order valence-electron chi connectivity index (χ0n) is 18.3. The van der Waals surface area contributed by atoms with Gasteiger partial charge in [0.1, 0.15) is 5.75 Å². The molecule has 0 radical (unpaired) electrons. The average Bonchev–Trinajstić information content (AvgIpc) is 3.53. The number of nitrogens with zero attached hydrogens (tertiary/aromatic N) is 2. The number of nitrogens with one attached hydrogen (secondary N) is 2. The van der Waals surface area contributed by atoms with E-state index in [1.165, 1.54) is 18.3 Å². The minimum atomic E-state index is -0.467. The summed E-state index contributed by atoms with van der Waals surface area (Å²) in [5.41, 5.74) is 1.45. The third kappa shape index (κ3) is 5.40. The number of hydrogen-bond acceptors (Lipinski definition) is 7. The van der Waals surface area contributed by atoms with Crippen molar-refractivity contribution in [3.05, 3.63) is 46.7 Å². The quantitative estimate of drug-likeness (QED) is 0.505. The van der Waals surface area contributed by atoms with E-state index in [1.54, 1.807) is 16.2 Å². The Hall–Kier alpha value is -3.24. The van der Waals surface area contributed by atoms with Gasteiger partial charge in [0.25, 0.3) is 0 Å². The van der Waals surface area contributed by atoms with Crippen LogP contribution in [0.2, 0.25) is 0 Å². The number of para-hydroxylation sites is 2. The van der Waals surface area contributed by atoms with Gasteiger partial charge in [0, 0.05) is 30.1 Å². The van der Waals surface area contributed by atoms with Crippen molar-refractivity contribution < 1.29 is 19.1 Å². The fraction of sp³-hybridized carbons (Fsp3) is 0.304. The van der Waals surface area contributed by atoms with Crippen LogP contribution in [0.4, 0.5) is 10.8 Å². The van der Waals surface area contributed by atoms with Crippen LogP contribution in [-0.2, 0) is 20.9 Å². The van der Waals surface area contributed by atoms with Crippen LogP contribution in [0.1, 0.15) is 25.1 Å². The number of carbonyl (C=O) groups is 3. The fourth-order valence-electron chi connectivity index (χ4n) is 3.55. The lowest BCUT2D eigenvalue weighted by Gasteiger charge is -2.20. The Bertz CT molecular complexity index is 1170. The highest BCUT2D eigenvalue weighted by Crippen LogP contribution is 2.34. The maximum absolute atomic E-state index is 12.9. The molecule has 1 aliphatic heterocycles. The van der Waals surface area contributed by atoms with E-state index in [2.05, 4.69) is 15.6 Å². The van der Waals surface area contributed by atoms with Crippen molar-refractivity contribution in [1.82, 2.24) is 10.3 Å². The highest BCUT2D eigenvalue weighted by Gasteiger charge is 2.36. The van der Waals surface area contributed by atoms with Gasteiger partial charge in [0.2, 0.25) is 17.7 Å². The first-order valence-corrected chi connectivity index (χ1v) is 12.3. The molecule has 1 aromatic carbocycles. The number of rotatable bonds is 8. The van der Waals surface area contributed by atoms with E-state index in [0.29, 0.717) is 36.3 Å². The van der Waals surface area contributed by atoms with Gasteiger partial charge < -0.3 is 20.3 Å². The van der Waals surface area contributed by atoms with Gasteiger partial charge in [-0.05, 0) is 31.2 Å². The van der Waals surface area contributed by atoms with Gasteiger partial charge >= 0.3 is 0 Å². The molecule has 2 N–H and O–H groups in total. The van der Waals surface area contributed by atoms with Gasteiger partial charge in [-0.15, -0.1) is 22.7 Å². The molecule has 3 aromatic rings. The summed E-state index contributed by atoms with van der Waals surface area (Å²) in [5, 5.41) is 8.01. The van der Waals surface area contributed by atoms with Crippen LogP contribution in [0.15, 0.2) is 41.8 Å². The molecule has 8 nitrogen and oxygen atoms in total. The lowest BCUT2D eigenvalue weighted by Crippen LogP contribution is -2.28. The third-order valence-corrected chi connectivity index (χ3v) is 6.98. The summed E-state index contributed by atoms with van der Waals surface area (Å²) in [4.78, 5) is 44.7. The number of carbonyl (C=O) groups excluding carboxylic acids is 3. The third-order valence-electron chi connectivity index (χ3n) is 5.11. The molecule has 1 saturated heterocycles. The molecule has 0 bridgehead atoms. The Morgan fingerprint density at radius 2 is 2.06 bits per heavy atom. The van der Waals surface area contributed by atoms with Gasteiger partial charge in [-0.25, -0.2) is 4.98 Å². The van der Waals surface area contributed by atoms with Crippen LogP contribution >= 0.6 is 22.7 Å². The minimum Gasteiger partial charge on any atom is -0.492 e.